The molecule has 0 fully saturated rings. The average Bonchev–Trinajstić information content (AvgIpc) is 2.75. The molecule has 29 heavy (non-hydrogen) atoms. The third-order valence-electron chi connectivity index (χ3n) is 4.21. The van der Waals surface area contributed by atoms with E-state index in [1.807, 2.05) is 54.6 Å². The third-order valence-corrected chi connectivity index (χ3v) is 4.41. The van der Waals surface area contributed by atoms with E-state index in [1.54, 1.807) is 6.08 Å². The number of ether oxygens (including phenoxy) is 1. The first-order chi connectivity index (χ1) is 14.0. The molecule has 0 aliphatic heterocycles. The number of carbonyl (C=O) groups excluding carboxylic acids is 2. The van der Waals surface area contributed by atoms with Crippen LogP contribution in [0.2, 0.25) is 0 Å². The number of thiocarbonyl (C=S) groups is 1. The van der Waals surface area contributed by atoms with Crippen molar-refractivity contribution in [3.05, 3.63) is 71.8 Å². The van der Waals surface area contributed by atoms with Gasteiger partial charge in [-0.1, -0.05) is 56.3 Å². The Morgan fingerprint density at radius 2 is 1.76 bits per heavy atom. The van der Waals surface area contributed by atoms with Crippen molar-refractivity contribution in [2.24, 2.45) is 0 Å². The summed E-state index contributed by atoms with van der Waals surface area (Å²) in [6.45, 7) is 4.12. The molecule has 3 N–H and O–H groups in total. The van der Waals surface area contributed by atoms with E-state index in [0.29, 0.717) is 11.7 Å². The molecule has 2 amide bonds. The molecule has 2 aromatic carbocycles. The molecule has 0 radical (unpaired) electrons. The van der Waals surface area contributed by atoms with Crippen LogP contribution in [0.4, 0.5) is 0 Å². The highest BCUT2D eigenvalue weighted by Crippen LogP contribution is 2.21. The molecule has 1 atom stereocenters. The average molecular weight is 412 g/mol. The summed E-state index contributed by atoms with van der Waals surface area (Å²) in [5.74, 6) is 0.259. The molecule has 0 aliphatic carbocycles. The van der Waals surface area contributed by atoms with E-state index in [-0.39, 0.29) is 11.7 Å². The quantitative estimate of drug-likeness (QED) is 0.370. The van der Waals surface area contributed by atoms with Gasteiger partial charge in [-0.2, -0.15) is 0 Å². The lowest BCUT2D eigenvalue weighted by Crippen LogP contribution is -2.49. The van der Waals surface area contributed by atoms with Gasteiger partial charge in [-0.15, -0.1) is 0 Å². The maximum Gasteiger partial charge on any atom is 0.276 e. The minimum atomic E-state index is -0.424. The Hall–Kier alpha value is -3.19. The van der Waals surface area contributed by atoms with Crippen LogP contribution in [-0.2, 0) is 9.59 Å². The summed E-state index contributed by atoms with van der Waals surface area (Å²) in [6.07, 6.45) is 4.08. The van der Waals surface area contributed by atoms with Crippen molar-refractivity contribution in [3.8, 4) is 5.75 Å². The zero-order valence-electron chi connectivity index (χ0n) is 16.5. The maximum absolute atomic E-state index is 11.9. The van der Waals surface area contributed by atoms with Crippen LogP contribution in [0, 0.1) is 0 Å². The Bertz CT molecular complexity index is 851. The number of nitrogens with one attached hydrogen (secondary N) is 3. The summed E-state index contributed by atoms with van der Waals surface area (Å²) in [4.78, 5) is 23.7. The van der Waals surface area contributed by atoms with Crippen LogP contribution >= 0.6 is 12.2 Å². The summed E-state index contributed by atoms with van der Waals surface area (Å²) < 4.78 is 5.44. The molecule has 0 saturated heterocycles. The topological polar surface area (TPSA) is 79.5 Å². The molecule has 1 unspecified atom stereocenters. The molecule has 2 aromatic rings. The lowest BCUT2D eigenvalue weighted by molar-refractivity contribution is -0.123. The van der Waals surface area contributed by atoms with E-state index in [2.05, 4.69) is 30.0 Å². The van der Waals surface area contributed by atoms with Gasteiger partial charge in [0.1, 0.15) is 5.75 Å². The predicted molar refractivity (Wildman–Crippen MR) is 118 cm³/mol. The van der Waals surface area contributed by atoms with Gasteiger partial charge in [0, 0.05) is 6.08 Å². The van der Waals surface area contributed by atoms with Crippen LogP contribution in [-0.4, -0.2) is 23.5 Å². The van der Waals surface area contributed by atoms with Gasteiger partial charge in [-0.3, -0.25) is 25.8 Å². The van der Waals surface area contributed by atoms with Crippen LogP contribution < -0.4 is 20.9 Å². The number of hydrazine groups is 1. The Balaban J connectivity index is 1.68. The molecule has 0 saturated carbocycles. The molecule has 0 heterocycles. The fraction of sp³-hybridized carbons (Fsp3) is 0.227. The van der Waals surface area contributed by atoms with Crippen molar-refractivity contribution in [1.82, 2.24) is 16.2 Å². The maximum atomic E-state index is 11.9. The largest absolute Gasteiger partial charge is 0.484 e. The van der Waals surface area contributed by atoms with E-state index in [9.17, 15) is 9.59 Å². The summed E-state index contributed by atoms with van der Waals surface area (Å²) in [5, 5.41) is 2.43. The van der Waals surface area contributed by atoms with Crippen LogP contribution in [0.25, 0.3) is 6.08 Å². The van der Waals surface area contributed by atoms with E-state index in [4.69, 9.17) is 17.0 Å². The van der Waals surface area contributed by atoms with Gasteiger partial charge in [-0.05, 0) is 53.9 Å². The number of hydrogen-bond acceptors (Lipinski definition) is 4. The molecule has 0 aliphatic rings. The highest BCUT2D eigenvalue weighted by atomic mass is 32.1. The highest BCUT2D eigenvalue weighted by molar-refractivity contribution is 7.80. The van der Waals surface area contributed by atoms with Gasteiger partial charge >= 0.3 is 0 Å². The van der Waals surface area contributed by atoms with E-state index < -0.39 is 11.8 Å². The van der Waals surface area contributed by atoms with Crippen molar-refractivity contribution in [1.29, 1.82) is 0 Å². The molecule has 6 nitrogen and oxygen atoms in total. The summed E-state index contributed by atoms with van der Waals surface area (Å²) in [6, 6.07) is 17.1. The Labute approximate surface area is 176 Å². The Kier molecular flexibility index (Phi) is 8.85. The smallest absolute Gasteiger partial charge is 0.276 e. The predicted octanol–water partition coefficient (Wildman–Crippen LogP) is 3.31. The molecule has 2 rings (SSSR count). The van der Waals surface area contributed by atoms with Crippen molar-refractivity contribution in [3.63, 3.8) is 0 Å². The summed E-state index contributed by atoms with van der Waals surface area (Å²) in [5.41, 5.74) is 6.96. The lowest BCUT2D eigenvalue weighted by Gasteiger charge is -2.12. The molecule has 0 bridgehead atoms. The molecule has 0 aromatic heterocycles. The van der Waals surface area contributed by atoms with Gasteiger partial charge in [0.15, 0.2) is 11.7 Å². The van der Waals surface area contributed by atoms with E-state index in [0.717, 1.165) is 12.0 Å². The highest BCUT2D eigenvalue weighted by Gasteiger charge is 2.06. The minimum absolute atomic E-state index is 0.0148. The van der Waals surface area contributed by atoms with Gasteiger partial charge in [0.25, 0.3) is 5.91 Å². The van der Waals surface area contributed by atoms with Crippen LogP contribution in [0.5, 0.6) is 5.75 Å². The Morgan fingerprint density at radius 3 is 2.41 bits per heavy atom. The second kappa shape index (κ2) is 11.6. The van der Waals surface area contributed by atoms with Crippen LogP contribution in [0.1, 0.15) is 37.3 Å². The second-order valence-electron chi connectivity index (χ2n) is 6.40. The number of hydrogen-bond donors (Lipinski definition) is 3. The van der Waals surface area contributed by atoms with Crippen molar-refractivity contribution in [2.45, 2.75) is 26.2 Å². The zero-order valence-corrected chi connectivity index (χ0v) is 17.3. The van der Waals surface area contributed by atoms with Gasteiger partial charge in [0.05, 0.1) is 0 Å². The monoisotopic (exact) mass is 411 g/mol. The van der Waals surface area contributed by atoms with Crippen LogP contribution in [0.3, 0.4) is 0 Å². The van der Waals surface area contributed by atoms with Crippen molar-refractivity contribution < 1.29 is 14.3 Å². The standard InChI is InChI=1S/C22H25N3O3S/c1-3-16(2)18-10-12-19(13-11-18)28-15-21(27)24-25-22(29)23-20(26)14-9-17-7-5-4-6-8-17/h4-14,16H,3,15H2,1-2H3,(H,24,27)(H2,23,25,26,29). The Morgan fingerprint density at radius 1 is 1.07 bits per heavy atom. The van der Waals surface area contributed by atoms with Gasteiger partial charge in [-0.25, -0.2) is 0 Å². The fourth-order valence-corrected chi connectivity index (χ4v) is 2.51. The number of benzene rings is 2. The molecule has 7 heteroatoms. The molecular formula is C22H25N3O3S. The van der Waals surface area contributed by atoms with E-state index >= 15 is 0 Å². The van der Waals surface area contributed by atoms with Crippen molar-refractivity contribution in [2.75, 3.05) is 6.61 Å². The molecular weight excluding hydrogens is 386 g/mol. The fourth-order valence-electron chi connectivity index (χ4n) is 2.36. The zero-order chi connectivity index (χ0) is 21.1. The third kappa shape index (κ3) is 8.15. The first kappa shape index (κ1) is 22.1. The lowest BCUT2D eigenvalue weighted by atomic mass is 9.99. The second-order valence-corrected chi connectivity index (χ2v) is 6.81. The number of carbonyl (C=O) groups is 2. The van der Waals surface area contributed by atoms with Crippen LogP contribution in [0.15, 0.2) is 60.7 Å². The van der Waals surface area contributed by atoms with E-state index in [1.165, 1.54) is 11.6 Å². The van der Waals surface area contributed by atoms with Gasteiger partial charge < -0.3 is 4.74 Å². The first-order valence-electron chi connectivity index (χ1n) is 9.33. The SMILES string of the molecule is CCC(C)c1ccc(OCC(=O)NNC(=S)NC(=O)C=Cc2ccccc2)cc1. The van der Waals surface area contributed by atoms with Gasteiger partial charge in [0.2, 0.25) is 5.91 Å². The summed E-state index contributed by atoms with van der Waals surface area (Å²) >= 11 is 4.97. The van der Waals surface area contributed by atoms with Crippen molar-refractivity contribution >= 4 is 35.2 Å². The minimum Gasteiger partial charge on any atom is -0.484 e. The molecule has 152 valence electrons. The normalized spacial score (nSPS) is 11.5. The first-order valence-corrected chi connectivity index (χ1v) is 9.74. The summed E-state index contributed by atoms with van der Waals surface area (Å²) in [7, 11) is 0. The number of amides is 2. The number of rotatable bonds is 7. The molecule has 0 spiro atoms.